The van der Waals surface area contributed by atoms with E-state index in [0.29, 0.717) is 18.5 Å². The molecule has 4 rings (SSSR count). The number of para-hydroxylation sites is 1. The minimum Gasteiger partial charge on any atom is -0.422 e. The van der Waals surface area contributed by atoms with Gasteiger partial charge in [0.25, 0.3) is 5.91 Å². The van der Waals surface area contributed by atoms with Gasteiger partial charge in [-0.1, -0.05) is 36.4 Å². The standard InChI is InChI=1S/C20H15NO3S/c22-19(16-11-13-5-1-3-7-17(13)24-20(16)23)21-10-9-14-12-25-18-8-4-2-6-15(14)18/h1-8,11-12H,9-10H2,(H,21,22). The van der Waals surface area contributed by atoms with Gasteiger partial charge in [-0.3, -0.25) is 4.79 Å². The van der Waals surface area contributed by atoms with Gasteiger partial charge in [0.05, 0.1) is 0 Å². The Balaban J connectivity index is 1.49. The van der Waals surface area contributed by atoms with Crippen molar-refractivity contribution in [2.75, 3.05) is 6.54 Å². The van der Waals surface area contributed by atoms with Gasteiger partial charge in [0.1, 0.15) is 11.1 Å². The van der Waals surface area contributed by atoms with Gasteiger partial charge in [0, 0.05) is 16.6 Å². The molecule has 0 bridgehead atoms. The minimum atomic E-state index is -0.614. The van der Waals surface area contributed by atoms with Crippen molar-refractivity contribution >= 4 is 38.3 Å². The van der Waals surface area contributed by atoms with E-state index >= 15 is 0 Å². The van der Waals surface area contributed by atoms with Crippen molar-refractivity contribution < 1.29 is 9.21 Å². The molecule has 25 heavy (non-hydrogen) atoms. The van der Waals surface area contributed by atoms with Crippen LogP contribution in [0.4, 0.5) is 0 Å². The van der Waals surface area contributed by atoms with E-state index in [9.17, 15) is 9.59 Å². The van der Waals surface area contributed by atoms with E-state index in [1.165, 1.54) is 15.6 Å². The summed E-state index contributed by atoms with van der Waals surface area (Å²) in [5.41, 5.74) is 1.10. The first kappa shape index (κ1) is 15.6. The Morgan fingerprint density at radius 2 is 1.88 bits per heavy atom. The van der Waals surface area contributed by atoms with Crippen molar-refractivity contribution in [2.24, 2.45) is 0 Å². The second kappa shape index (κ2) is 6.53. The van der Waals surface area contributed by atoms with Gasteiger partial charge in [-0.25, -0.2) is 4.79 Å². The normalized spacial score (nSPS) is 11.0. The fourth-order valence-corrected chi connectivity index (χ4v) is 3.85. The van der Waals surface area contributed by atoms with Crippen LogP contribution in [0.25, 0.3) is 21.1 Å². The molecule has 0 saturated heterocycles. The lowest BCUT2D eigenvalue weighted by atomic mass is 10.1. The molecular formula is C20H15NO3S. The number of carbonyl (C=O) groups is 1. The smallest absolute Gasteiger partial charge is 0.349 e. The van der Waals surface area contributed by atoms with Gasteiger partial charge in [-0.05, 0) is 40.9 Å². The summed E-state index contributed by atoms with van der Waals surface area (Å²) in [7, 11) is 0. The lowest BCUT2D eigenvalue weighted by Gasteiger charge is -2.05. The molecule has 2 aromatic carbocycles. The lowest BCUT2D eigenvalue weighted by molar-refractivity contribution is 0.0950. The molecule has 0 saturated carbocycles. The summed E-state index contributed by atoms with van der Waals surface area (Å²) in [5, 5.41) is 6.87. The van der Waals surface area contributed by atoms with Gasteiger partial charge >= 0.3 is 5.63 Å². The largest absolute Gasteiger partial charge is 0.422 e. The first-order chi connectivity index (χ1) is 12.2. The molecule has 0 atom stereocenters. The predicted octanol–water partition coefficient (Wildman–Crippen LogP) is 3.98. The lowest BCUT2D eigenvalue weighted by Crippen LogP contribution is -2.29. The molecule has 0 aliphatic carbocycles. The van der Waals surface area contributed by atoms with E-state index in [1.807, 2.05) is 24.3 Å². The number of hydrogen-bond acceptors (Lipinski definition) is 4. The second-order valence-electron chi connectivity index (χ2n) is 5.75. The number of carbonyl (C=O) groups excluding carboxylic acids is 1. The topological polar surface area (TPSA) is 59.3 Å². The fourth-order valence-electron chi connectivity index (χ4n) is 2.85. The van der Waals surface area contributed by atoms with Crippen molar-refractivity contribution in [3.63, 3.8) is 0 Å². The highest BCUT2D eigenvalue weighted by Gasteiger charge is 2.13. The summed E-state index contributed by atoms with van der Waals surface area (Å²) in [4.78, 5) is 24.3. The molecule has 1 amide bonds. The van der Waals surface area contributed by atoms with Crippen molar-refractivity contribution in [3.05, 3.63) is 81.5 Å². The van der Waals surface area contributed by atoms with Crippen LogP contribution in [0.1, 0.15) is 15.9 Å². The number of nitrogens with one attached hydrogen (secondary N) is 1. The van der Waals surface area contributed by atoms with Crippen molar-refractivity contribution in [2.45, 2.75) is 6.42 Å². The Hall–Kier alpha value is -2.92. The second-order valence-corrected chi connectivity index (χ2v) is 6.66. The SMILES string of the molecule is O=C(NCCc1csc2ccccc12)c1cc2ccccc2oc1=O. The molecule has 5 heteroatoms. The molecule has 0 radical (unpaired) electrons. The first-order valence-electron chi connectivity index (χ1n) is 7.98. The van der Waals surface area contributed by atoms with Crippen LogP contribution in [-0.2, 0) is 6.42 Å². The quantitative estimate of drug-likeness (QED) is 0.567. The first-order valence-corrected chi connectivity index (χ1v) is 8.86. The molecule has 0 unspecified atom stereocenters. The van der Waals surface area contributed by atoms with Gasteiger partial charge < -0.3 is 9.73 Å². The van der Waals surface area contributed by atoms with Crippen LogP contribution in [0, 0.1) is 0 Å². The molecule has 124 valence electrons. The summed E-state index contributed by atoms with van der Waals surface area (Å²) >= 11 is 1.70. The number of hydrogen-bond donors (Lipinski definition) is 1. The third kappa shape index (κ3) is 3.06. The molecule has 4 nitrogen and oxygen atoms in total. The average Bonchev–Trinajstić information content (AvgIpc) is 3.04. The number of rotatable bonds is 4. The fraction of sp³-hybridized carbons (Fsp3) is 0.100. The van der Waals surface area contributed by atoms with Crippen molar-refractivity contribution in [3.8, 4) is 0 Å². The van der Waals surface area contributed by atoms with Crippen LogP contribution < -0.4 is 10.9 Å². The Labute approximate surface area is 147 Å². The molecule has 4 aromatic rings. The minimum absolute atomic E-state index is 0.0360. The molecule has 0 aliphatic rings. The molecule has 2 aromatic heterocycles. The average molecular weight is 349 g/mol. The Bertz CT molecular complexity index is 1130. The van der Waals surface area contributed by atoms with Gasteiger partial charge in [0.2, 0.25) is 0 Å². The van der Waals surface area contributed by atoms with Gasteiger partial charge in [0.15, 0.2) is 0 Å². The van der Waals surface area contributed by atoms with Crippen molar-refractivity contribution in [1.82, 2.24) is 5.32 Å². The Morgan fingerprint density at radius 1 is 1.08 bits per heavy atom. The maximum absolute atomic E-state index is 12.3. The highest BCUT2D eigenvalue weighted by molar-refractivity contribution is 7.17. The van der Waals surface area contributed by atoms with E-state index in [4.69, 9.17) is 4.42 Å². The molecule has 2 heterocycles. The molecular weight excluding hydrogens is 334 g/mol. The Morgan fingerprint density at radius 3 is 2.80 bits per heavy atom. The summed E-state index contributed by atoms with van der Waals surface area (Å²) in [5.74, 6) is -0.404. The van der Waals surface area contributed by atoms with Crippen LogP contribution in [0.3, 0.4) is 0 Å². The van der Waals surface area contributed by atoms with Crippen LogP contribution in [-0.4, -0.2) is 12.5 Å². The van der Waals surface area contributed by atoms with E-state index in [2.05, 4.69) is 22.8 Å². The van der Waals surface area contributed by atoms with Gasteiger partial charge in [-0.2, -0.15) is 0 Å². The highest BCUT2D eigenvalue weighted by atomic mass is 32.1. The molecule has 0 spiro atoms. The van der Waals surface area contributed by atoms with Crippen LogP contribution in [0.2, 0.25) is 0 Å². The summed E-state index contributed by atoms with van der Waals surface area (Å²) < 4.78 is 6.44. The highest BCUT2D eigenvalue weighted by Crippen LogP contribution is 2.25. The molecule has 1 N–H and O–H groups in total. The van der Waals surface area contributed by atoms with Crippen LogP contribution in [0.15, 0.2) is 69.2 Å². The van der Waals surface area contributed by atoms with Crippen LogP contribution in [0.5, 0.6) is 0 Å². The zero-order valence-electron chi connectivity index (χ0n) is 13.3. The van der Waals surface area contributed by atoms with Gasteiger partial charge in [-0.15, -0.1) is 11.3 Å². The summed E-state index contributed by atoms with van der Waals surface area (Å²) in [6, 6.07) is 16.9. The Kier molecular flexibility index (Phi) is 4.07. The van der Waals surface area contributed by atoms with Crippen molar-refractivity contribution in [1.29, 1.82) is 0 Å². The van der Waals surface area contributed by atoms with E-state index in [-0.39, 0.29) is 5.56 Å². The number of benzene rings is 2. The number of thiophene rings is 1. The number of amides is 1. The van der Waals surface area contributed by atoms with Crippen LogP contribution >= 0.6 is 11.3 Å². The maximum atomic E-state index is 12.3. The predicted molar refractivity (Wildman–Crippen MR) is 100 cm³/mol. The maximum Gasteiger partial charge on any atom is 0.349 e. The van der Waals surface area contributed by atoms with E-state index < -0.39 is 11.5 Å². The zero-order chi connectivity index (χ0) is 17.2. The monoisotopic (exact) mass is 349 g/mol. The summed E-state index contributed by atoms with van der Waals surface area (Å²) in [6.45, 7) is 0.464. The molecule has 0 aliphatic heterocycles. The van der Waals surface area contributed by atoms with E-state index in [0.717, 1.165) is 5.39 Å². The molecule has 0 fully saturated rings. The zero-order valence-corrected chi connectivity index (χ0v) is 14.1. The number of fused-ring (bicyclic) bond motifs is 2. The third-order valence-electron chi connectivity index (χ3n) is 4.13. The summed E-state index contributed by atoms with van der Waals surface area (Å²) in [6.07, 6.45) is 0.717. The van der Waals surface area contributed by atoms with E-state index in [1.54, 1.807) is 29.5 Å². The third-order valence-corrected chi connectivity index (χ3v) is 5.14.